The summed E-state index contributed by atoms with van der Waals surface area (Å²) < 4.78 is 16.9. The second kappa shape index (κ2) is 55.2. The van der Waals surface area contributed by atoms with Gasteiger partial charge in [-0.05, 0) is 70.6 Å². The van der Waals surface area contributed by atoms with E-state index in [1.807, 2.05) is 0 Å². The van der Waals surface area contributed by atoms with Crippen LogP contribution in [0.1, 0.15) is 310 Å². The van der Waals surface area contributed by atoms with Gasteiger partial charge in [-0.2, -0.15) is 0 Å². The largest absolute Gasteiger partial charge is 0.462 e. The average Bonchev–Trinajstić information content (AvgIpc) is 3.31. The zero-order chi connectivity index (χ0) is 47.9. The molecule has 386 valence electrons. The summed E-state index contributed by atoms with van der Waals surface area (Å²) in [7, 11) is 0. The Morgan fingerprint density at radius 1 is 0.303 bits per heavy atom. The van der Waals surface area contributed by atoms with E-state index in [1.54, 1.807) is 0 Å². The summed E-state index contributed by atoms with van der Waals surface area (Å²) in [5.41, 5.74) is 0. The lowest BCUT2D eigenvalue weighted by molar-refractivity contribution is -0.167. The SMILES string of the molecule is CCCC/C=C\CCCCCCCC(=O)OC[C@H](COC(=O)CCCCCCCCCCC/C=C\C/C=C\CCCCC)OC(=O)CCCCCCCCCCCCCCCCCCCC. The molecule has 0 rings (SSSR count). The highest BCUT2D eigenvalue weighted by atomic mass is 16.6. The standard InChI is InChI=1S/C60H110O6/c1-4-7-10-13-16-19-22-24-26-28-30-32-33-35-38-41-44-47-50-53-59(62)65-56-57(55-64-58(61)52-49-46-43-40-37-21-18-15-12-9-6-3)66-60(63)54-51-48-45-42-39-36-34-31-29-27-25-23-20-17-14-11-8-5-2/h15-16,18-19,24,26,57H,4-14,17,20-23,25,27-56H2,1-3H3/b18-15-,19-16-,26-24-/t57-/m1/s1. The van der Waals surface area contributed by atoms with Gasteiger partial charge in [0, 0.05) is 19.3 Å². The van der Waals surface area contributed by atoms with Crippen molar-refractivity contribution in [1.82, 2.24) is 0 Å². The van der Waals surface area contributed by atoms with E-state index in [2.05, 4.69) is 57.2 Å². The van der Waals surface area contributed by atoms with E-state index in [-0.39, 0.29) is 31.1 Å². The molecule has 0 aromatic carbocycles. The summed E-state index contributed by atoms with van der Waals surface area (Å²) in [4.78, 5) is 38.1. The Morgan fingerprint density at radius 2 is 0.561 bits per heavy atom. The highest BCUT2D eigenvalue weighted by molar-refractivity contribution is 5.71. The Morgan fingerprint density at radius 3 is 0.924 bits per heavy atom. The van der Waals surface area contributed by atoms with Crippen LogP contribution < -0.4 is 0 Å². The molecule has 0 saturated carbocycles. The minimum absolute atomic E-state index is 0.0736. The first-order chi connectivity index (χ1) is 32.5. The zero-order valence-corrected chi connectivity index (χ0v) is 44.2. The van der Waals surface area contributed by atoms with Crippen LogP contribution in [0.3, 0.4) is 0 Å². The second-order valence-corrected chi connectivity index (χ2v) is 19.6. The molecule has 6 nitrogen and oxygen atoms in total. The minimum atomic E-state index is -0.774. The quantitative estimate of drug-likeness (QED) is 0.0262. The van der Waals surface area contributed by atoms with Gasteiger partial charge < -0.3 is 14.2 Å². The van der Waals surface area contributed by atoms with Gasteiger partial charge in [-0.3, -0.25) is 14.4 Å². The second-order valence-electron chi connectivity index (χ2n) is 19.6. The van der Waals surface area contributed by atoms with Crippen molar-refractivity contribution in [3.05, 3.63) is 36.5 Å². The van der Waals surface area contributed by atoms with Gasteiger partial charge in [-0.25, -0.2) is 0 Å². The van der Waals surface area contributed by atoms with Crippen molar-refractivity contribution in [3.8, 4) is 0 Å². The lowest BCUT2D eigenvalue weighted by atomic mass is 10.0. The fourth-order valence-electron chi connectivity index (χ4n) is 8.46. The van der Waals surface area contributed by atoms with Crippen LogP contribution in [0, 0.1) is 0 Å². The zero-order valence-electron chi connectivity index (χ0n) is 44.2. The van der Waals surface area contributed by atoms with Crippen molar-refractivity contribution in [1.29, 1.82) is 0 Å². The molecule has 0 radical (unpaired) electrons. The molecule has 6 heteroatoms. The van der Waals surface area contributed by atoms with Crippen LogP contribution in [0.25, 0.3) is 0 Å². The summed E-state index contributed by atoms with van der Waals surface area (Å²) in [5, 5.41) is 0. The lowest BCUT2D eigenvalue weighted by Crippen LogP contribution is -2.30. The number of hydrogen-bond acceptors (Lipinski definition) is 6. The van der Waals surface area contributed by atoms with Crippen LogP contribution in [-0.2, 0) is 28.6 Å². The molecule has 0 heterocycles. The molecule has 0 aromatic rings. The Kier molecular flexibility index (Phi) is 53.2. The van der Waals surface area contributed by atoms with Crippen molar-refractivity contribution in [2.45, 2.75) is 316 Å². The maximum Gasteiger partial charge on any atom is 0.306 e. The molecular formula is C60H110O6. The minimum Gasteiger partial charge on any atom is -0.462 e. The van der Waals surface area contributed by atoms with Crippen LogP contribution in [0.5, 0.6) is 0 Å². The third kappa shape index (κ3) is 52.6. The van der Waals surface area contributed by atoms with E-state index in [0.29, 0.717) is 19.3 Å². The molecule has 0 spiro atoms. The molecule has 0 saturated heterocycles. The van der Waals surface area contributed by atoms with E-state index >= 15 is 0 Å². The van der Waals surface area contributed by atoms with Gasteiger partial charge >= 0.3 is 17.9 Å². The third-order valence-electron chi connectivity index (χ3n) is 12.9. The Hall–Kier alpha value is -2.37. The normalized spacial score (nSPS) is 12.2. The van der Waals surface area contributed by atoms with Crippen molar-refractivity contribution in [3.63, 3.8) is 0 Å². The molecule has 0 fully saturated rings. The van der Waals surface area contributed by atoms with E-state index in [0.717, 1.165) is 70.6 Å². The summed E-state index contributed by atoms with van der Waals surface area (Å²) in [5.74, 6) is -0.870. The van der Waals surface area contributed by atoms with Gasteiger partial charge in [0.2, 0.25) is 0 Å². The first kappa shape index (κ1) is 63.6. The lowest BCUT2D eigenvalue weighted by Gasteiger charge is -2.18. The summed E-state index contributed by atoms with van der Waals surface area (Å²) >= 11 is 0. The Bertz CT molecular complexity index is 1110. The van der Waals surface area contributed by atoms with Gasteiger partial charge in [0.25, 0.3) is 0 Å². The van der Waals surface area contributed by atoms with Gasteiger partial charge in [-0.1, -0.05) is 256 Å². The highest BCUT2D eigenvalue weighted by Crippen LogP contribution is 2.17. The molecule has 0 aliphatic carbocycles. The maximum absolute atomic E-state index is 12.8. The molecule has 0 amide bonds. The van der Waals surface area contributed by atoms with Crippen LogP contribution in [0.15, 0.2) is 36.5 Å². The number of unbranched alkanes of at least 4 members (excludes halogenated alkanes) is 36. The van der Waals surface area contributed by atoms with E-state index in [4.69, 9.17) is 14.2 Å². The molecule has 0 aliphatic rings. The highest BCUT2D eigenvalue weighted by Gasteiger charge is 2.19. The van der Waals surface area contributed by atoms with E-state index in [1.165, 1.54) is 199 Å². The number of esters is 3. The summed E-state index contributed by atoms with van der Waals surface area (Å²) in [6.07, 6.45) is 65.6. The number of carbonyl (C=O) groups excluding carboxylic acids is 3. The molecule has 0 N–H and O–H groups in total. The number of rotatable bonds is 53. The molecule has 0 bridgehead atoms. The maximum atomic E-state index is 12.8. The van der Waals surface area contributed by atoms with E-state index in [9.17, 15) is 14.4 Å². The fourth-order valence-corrected chi connectivity index (χ4v) is 8.46. The monoisotopic (exact) mass is 927 g/mol. The van der Waals surface area contributed by atoms with E-state index < -0.39 is 6.10 Å². The first-order valence-corrected chi connectivity index (χ1v) is 29.0. The smallest absolute Gasteiger partial charge is 0.306 e. The van der Waals surface area contributed by atoms with Gasteiger partial charge in [0.15, 0.2) is 6.10 Å². The molecule has 66 heavy (non-hydrogen) atoms. The summed E-state index contributed by atoms with van der Waals surface area (Å²) in [6.45, 7) is 6.61. The van der Waals surface area contributed by atoms with Crippen molar-refractivity contribution < 1.29 is 28.6 Å². The molecule has 1 atom stereocenters. The van der Waals surface area contributed by atoms with Crippen molar-refractivity contribution in [2.24, 2.45) is 0 Å². The Balaban J connectivity index is 4.29. The van der Waals surface area contributed by atoms with Crippen LogP contribution in [0.2, 0.25) is 0 Å². The van der Waals surface area contributed by atoms with Crippen LogP contribution in [0.4, 0.5) is 0 Å². The fraction of sp³-hybridized carbons (Fsp3) is 0.850. The molecule has 0 unspecified atom stereocenters. The first-order valence-electron chi connectivity index (χ1n) is 29.0. The number of allylic oxidation sites excluding steroid dienone is 6. The summed E-state index contributed by atoms with van der Waals surface area (Å²) in [6, 6.07) is 0. The average molecular weight is 928 g/mol. The van der Waals surface area contributed by atoms with Crippen LogP contribution in [-0.4, -0.2) is 37.2 Å². The number of carbonyl (C=O) groups is 3. The van der Waals surface area contributed by atoms with Crippen LogP contribution >= 0.6 is 0 Å². The number of hydrogen-bond donors (Lipinski definition) is 0. The van der Waals surface area contributed by atoms with Crippen molar-refractivity contribution >= 4 is 17.9 Å². The van der Waals surface area contributed by atoms with Gasteiger partial charge in [0.05, 0.1) is 0 Å². The van der Waals surface area contributed by atoms with Gasteiger partial charge in [-0.15, -0.1) is 0 Å². The number of ether oxygens (including phenoxy) is 3. The topological polar surface area (TPSA) is 78.9 Å². The third-order valence-corrected chi connectivity index (χ3v) is 12.9. The molecule has 0 aliphatic heterocycles. The molecular weight excluding hydrogens is 817 g/mol. The predicted molar refractivity (Wildman–Crippen MR) is 284 cm³/mol. The predicted octanol–water partition coefficient (Wildman–Crippen LogP) is 19.3. The van der Waals surface area contributed by atoms with Gasteiger partial charge in [0.1, 0.15) is 13.2 Å². The molecule has 0 aromatic heterocycles. The van der Waals surface area contributed by atoms with Crippen molar-refractivity contribution in [2.75, 3.05) is 13.2 Å². The Labute approximate surface area is 410 Å².